The number of aliphatic hydroxyl groups is 13. The Bertz CT molecular complexity index is 1750. The van der Waals surface area contributed by atoms with Gasteiger partial charge >= 0.3 is 0 Å². The van der Waals surface area contributed by atoms with Crippen molar-refractivity contribution < 1.29 is 94.8 Å². The van der Waals surface area contributed by atoms with E-state index in [-0.39, 0.29) is 11.8 Å². The standard InChI is InChI=1S/C48H82O19/c1-21(2)11-10-14-47(8,66-40-35(58)32(55)30(53)25(19-49)63-40)22-12-16-45(6)29(22)23(51)17-27-44(5)15-13-28(52)43(3,4)38(44)24(18-46(27,45)7)62-42-37(33(56)31(54)26(20-50)64-42)65-41-36(59)34(57)39(60)48(9,61)67-41/h11,22-42,49-61H,10,12-20H2,1-9H3/t22-,23+,24-,25+,26+,27+,28-,29+,30+,31+,32-,33-,34+,35+,36-,37+,38-,39-,40-,41+,42+,44+,45+,46+,47-,48+/m0/s1. The molecule has 0 spiro atoms. The van der Waals surface area contributed by atoms with Crippen LogP contribution < -0.4 is 0 Å². The molecule has 7 fully saturated rings. The second-order valence-electron chi connectivity index (χ2n) is 23.3. The highest BCUT2D eigenvalue weighted by Gasteiger charge is 2.74. The summed E-state index contributed by atoms with van der Waals surface area (Å²) in [4.78, 5) is 0. The summed E-state index contributed by atoms with van der Waals surface area (Å²) in [6.45, 7) is 16.2. The molecule has 7 rings (SSSR count). The van der Waals surface area contributed by atoms with E-state index in [4.69, 9.17) is 28.4 Å². The molecule has 388 valence electrons. The fourth-order valence-corrected chi connectivity index (χ4v) is 14.9. The SMILES string of the molecule is CC(C)=CCC[C@](C)(O[C@@H]1O[C@H](CO)[C@@H](O)[C@H](O)[C@H]1O)[C@H]1CC[C@]2(C)[C@H]1[C@H](O)C[C@@H]1[C@@]3(C)CC[C@H](O)C(C)(C)[C@@H]3[C@@H](O[C@@H]3O[C@H](CO)[C@@H](O)[C@H](O)[C@H]3O[C@@H]3O[C@@](C)(O)[C@@H](O)[C@H](O)[C@@H]3O)C[C@]12C. The van der Waals surface area contributed by atoms with Crippen molar-refractivity contribution in [1.82, 2.24) is 0 Å². The van der Waals surface area contributed by atoms with Gasteiger partial charge < -0.3 is 94.8 Å². The van der Waals surface area contributed by atoms with Crippen LogP contribution in [0, 0.1) is 45.3 Å². The van der Waals surface area contributed by atoms with Crippen molar-refractivity contribution >= 4 is 0 Å². The van der Waals surface area contributed by atoms with Gasteiger partial charge in [-0.2, -0.15) is 0 Å². The van der Waals surface area contributed by atoms with Crippen LogP contribution in [0.2, 0.25) is 0 Å². The Labute approximate surface area is 393 Å². The zero-order chi connectivity index (χ0) is 49.7. The maximum atomic E-state index is 12.7. The maximum Gasteiger partial charge on any atom is 0.194 e. The van der Waals surface area contributed by atoms with Crippen molar-refractivity contribution in [3.05, 3.63) is 11.6 Å². The summed E-state index contributed by atoms with van der Waals surface area (Å²) in [5.41, 5.74) is -2.61. The van der Waals surface area contributed by atoms with E-state index < -0.39 is 162 Å². The van der Waals surface area contributed by atoms with Gasteiger partial charge in [0.15, 0.2) is 24.7 Å². The van der Waals surface area contributed by atoms with E-state index in [2.05, 4.69) is 26.8 Å². The number of aliphatic hydroxyl groups excluding tert-OH is 12. The molecule has 13 N–H and O–H groups in total. The van der Waals surface area contributed by atoms with Crippen molar-refractivity contribution in [2.75, 3.05) is 13.2 Å². The summed E-state index contributed by atoms with van der Waals surface area (Å²) in [6, 6.07) is 0. The van der Waals surface area contributed by atoms with Crippen molar-refractivity contribution in [3.63, 3.8) is 0 Å². The van der Waals surface area contributed by atoms with Gasteiger partial charge in [-0.3, -0.25) is 0 Å². The first kappa shape index (κ1) is 53.8. The van der Waals surface area contributed by atoms with E-state index in [1.165, 1.54) is 0 Å². The lowest BCUT2D eigenvalue weighted by molar-refractivity contribution is -0.417. The molecule has 0 aromatic carbocycles. The third kappa shape index (κ3) is 8.92. The Kier molecular flexibility index (Phi) is 15.3. The third-order valence-electron chi connectivity index (χ3n) is 18.7. The molecular formula is C48H82O19. The summed E-state index contributed by atoms with van der Waals surface area (Å²) in [5, 5.41) is 143. The Hall–Kier alpha value is -1.02. The van der Waals surface area contributed by atoms with Crippen molar-refractivity contribution in [3.8, 4) is 0 Å². The van der Waals surface area contributed by atoms with Crippen molar-refractivity contribution in [2.24, 2.45) is 45.3 Å². The van der Waals surface area contributed by atoms with Crippen LogP contribution in [-0.2, 0) is 28.4 Å². The molecule has 3 aliphatic heterocycles. The van der Waals surface area contributed by atoms with Gasteiger partial charge in [-0.15, -0.1) is 0 Å². The van der Waals surface area contributed by atoms with Crippen LogP contribution in [-0.4, -0.2) is 195 Å². The second-order valence-corrected chi connectivity index (χ2v) is 23.3. The average Bonchev–Trinajstić information content (AvgIpc) is 3.64. The second kappa shape index (κ2) is 19.1. The fourth-order valence-electron chi connectivity index (χ4n) is 14.9. The molecule has 0 aromatic heterocycles. The first-order valence-corrected chi connectivity index (χ1v) is 24.4. The van der Waals surface area contributed by atoms with Crippen LogP contribution in [0.5, 0.6) is 0 Å². The van der Waals surface area contributed by atoms with Crippen molar-refractivity contribution in [2.45, 2.75) is 229 Å². The smallest absolute Gasteiger partial charge is 0.194 e. The predicted octanol–water partition coefficient (Wildman–Crippen LogP) is -0.708. The predicted molar refractivity (Wildman–Crippen MR) is 235 cm³/mol. The topological polar surface area (TPSA) is 318 Å². The van der Waals surface area contributed by atoms with Crippen molar-refractivity contribution in [1.29, 1.82) is 0 Å². The normalized spacial score (nSPS) is 54.0. The number of allylic oxidation sites excluding steroid dienone is 2. The highest BCUT2D eigenvalue weighted by molar-refractivity contribution is 5.22. The van der Waals surface area contributed by atoms with Gasteiger partial charge in [-0.1, -0.05) is 46.3 Å². The number of rotatable bonds is 12. The number of hydrogen-bond donors (Lipinski definition) is 13. The molecule has 19 nitrogen and oxygen atoms in total. The molecule has 4 saturated carbocycles. The van der Waals surface area contributed by atoms with Gasteiger partial charge in [-0.25, -0.2) is 0 Å². The largest absolute Gasteiger partial charge is 0.394 e. The molecule has 0 amide bonds. The minimum Gasteiger partial charge on any atom is -0.394 e. The number of ether oxygens (including phenoxy) is 6. The zero-order valence-corrected chi connectivity index (χ0v) is 40.5. The molecule has 3 saturated heterocycles. The highest BCUT2D eigenvalue weighted by atomic mass is 16.8. The Morgan fingerprint density at radius 3 is 1.91 bits per heavy atom. The Morgan fingerprint density at radius 1 is 0.701 bits per heavy atom. The maximum absolute atomic E-state index is 12.7. The molecular weight excluding hydrogens is 881 g/mol. The molecule has 26 atom stereocenters. The summed E-state index contributed by atoms with van der Waals surface area (Å²) in [6.07, 6.45) is -19.5. The average molecular weight is 963 g/mol. The first-order chi connectivity index (χ1) is 31.0. The third-order valence-corrected chi connectivity index (χ3v) is 18.7. The van der Waals surface area contributed by atoms with E-state index >= 15 is 0 Å². The van der Waals surface area contributed by atoms with E-state index in [9.17, 15) is 66.4 Å². The molecule has 0 unspecified atom stereocenters. The fraction of sp³-hybridized carbons (Fsp3) is 0.958. The van der Waals surface area contributed by atoms with E-state index in [1.807, 2.05) is 34.6 Å². The monoisotopic (exact) mass is 963 g/mol. The molecule has 0 radical (unpaired) electrons. The van der Waals surface area contributed by atoms with Gasteiger partial charge in [0, 0.05) is 0 Å². The lowest BCUT2D eigenvalue weighted by atomic mass is 9.34. The van der Waals surface area contributed by atoms with E-state index in [1.54, 1.807) is 0 Å². The molecule has 0 bridgehead atoms. The van der Waals surface area contributed by atoms with Gasteiger partial charge in [0.25, 0.3) is 0 Å². The van der Waals surface area contributed by atoms with Gasteiger partial charge in [0.1, 0.15) is 67.1 Å². The molecule has 3 heterocycles. The van der Waals surface area contributed by atoms with Gasteiger partial charge in [0.2, 0.25) is 0 Å². The lowest BCUT2D eigenvalue weighted by Gasteiger charge is -2.72. The van der Waals surface area contributed by atoms with Crippen LogP contribution in [0.25, 0.3) is 0 Å². The molecule has 4 aliphatic carbocycles. The van der Waals surface area contributed by atoms with Crippen LogP contribution >= 0.6 is 0 Å². The van der Waals surface area contributed by atoms with Crippen LogP contribution in [0.1, 0.15) is 114 Å². The van der Waals surface area contributed by atoms with Crippen LogP contribution in [0.15, 0.2) is 11.6 Å². The number of hydrogen-bond acceptors (Lipinski definition) is 19. The van der Waals surface area contributed by atoms with Crippen LogP contribution in [0.4, 0.5) is 0 Å². The summed E-state index contributed by atoms with van der Waals surface area (Å²) in [7, 11) is 0. The van der Waals surface area contributed by atoms with E-state index in [0.29, 0.717) is 51.4 Å². The molecule has 19 heteroatoms. The van der Waals surface area contributed by atoms with Gasteiger partial charge in [-0.05, 0) is 124 Å². The minimum absolute atomic E-state index is 0.118. The molecule has 7 aliphatic rings. The summed E-state index contributed by atoms with van der Waals surface area (Å²) < 4.78 is 37.6. The van der Waals surface area contributed by atoms with Crippen LogP contribution in [0.3, 0.4) is 0 Å². The Balaban J connectivity index is 1.27. The Morgan fingerprint density at radius 2 is 1.30 bits per heavy atom. The first-order valence-electron chi connectivity index (χ1n) is 24.4. The molecule has 67 heavy (non-hydrogen) atoms. The zero-order valence-electron chi connectivity index (χ0n) is 40.5. The van der Waals surface area contributed by atoms with E-state index in [0.717, 1.165) is 12.5 Å². The molecule has 0 aromatic rings. The highest BCUT2D eigenvalue weighted by Crippen LogP contribution is 2.76. The van der Waals surface area contributed by atoms with Gasteiger partial charge in [0.05, 0.1) is 37.1 Å². The number of fused-ring (bicyclic) bond motifs is 5. The minimum atomic E-state index is -2.40. The summed E-state index contributed by atoms with van der Waals surface area (Å²) >= 11 is 0. The summed E-state index contributed by atoms with van der Waals surface area (Å²) in [5.74, 6) is -3.65. The lowest BCUT2D eigenvalue weighted by Crippen LogP contribution is -2.71. The quantitative estimate of drug-likeness (QED) is 0.0849.